The van der Waals surface area contributed by atoms with E-state index >= 15 is 0 Å². The summed E-state index contributed by atoms with van der Waals surface area (Å²) >= 11 is 1.72. The summed E-state index contributed by atoms with van der Waals surface area (Å²) in [5, 5.41) is 3.24. The van der Waals surface area contributed by atoms with E-state index in [0.717, 1.165) is 23.2 Å². The first-order valence-corrected chi connectivity index (χ1v) is 21.0. The number of aromatic amines is 1. The molecular weight excluding hydrogens is 687 g/mol. The number of hydrogen-bond acceptors (Lipinski definition) is 8. The number of thiazole rings is 1. The van der Waals surface area contributed by atoms with Crippen molar-refractivity contribution in [2.75, 3.05) is 0 Å². The number of nitrogens with zero attached hydrogens (tertiary/aromatic N) is 6. The van der Waals surface area contributed by atoms with Crippen LogP contribution in [0.2, 0.25) is 0 Å². The van der Waals surface area contributed by atoms with Gasteiger partial charge in [-0.3, -0.25) is 4.98 Å². The lowest BCUT2D eigenvalue weighted by Gasteiger charge is -2.16. The number of H-pyrrole nitrogens is 1. The van der Waals surface area contributed by atoms with Crippen LogP contribution in [0.1, 0.15) is 198 Å². The minimum Gasteiger partial charge on any atom is -0.449 e. The summed E-state index contributed by atoms with van der Waals surface area (Å²) in [4.78, 5) is 27.7. The average Bonchev–Trinajstić information content (AvgIpc) is 4.02. The molecule has 0 bridgehead atoms. The Morgan fingerprint density at radius 3 is 1.30 bits per heavy atom. The molecule has 0 fully saturated rings. The molecule has 0 saturated heterocycles. The second-order valence-corrected chi connectivity index (χ2v) is 13.9. The molecule has 0 aliphatic heterocycles. The van der Waals surface area contributed by atoms with Gasteiger partial charge in [-0.2, -0.15) is 0 Å². The van der Waals surface area contributed by atoms with E-state index in [4.69, 9.17) is 4.42 Å². The first-order chi connectivity index (χ1) is 25.6. The Bertz CT molecular complexity index is 1180. The largest absolute Gasteiger partial charge is 0.449 e. The molecule has 0 atom stereocenters. The van der Waals surface area contributed by atoms with Crippen molar-refractivity contribution in [3.63, 3.8) is 0 Å². The maximum absolute atomic E-state index is 4.98. The SMILES string of the molecule is CC.CC.CC.CC.CC.CC(C)(C)c1ccccn1.CC(C)(C)c1ncccn1.CC(C)c1ncc[nH]1.CC(C)c1ncco1.CC(C)c1nccs1. The first kappa shape index (κ1) is 59.6. The molecule has 310 valence electrons. The topological polar surface area (TPSA) is 106 Å². The van der Waals surface area contributed by atoms with Crippen molar-refractivity contribution < 1.29 is 4.42 Å². The molecule has 5 heterocycles. The van der Waals surface area contributed by atoms with Gasteiger partial charge in [-0.15, -0.1) is 11.3 Å². The van der Waals surface area contributed by atoms with E-state index in [1.165, 1.54) is 5.01 Å². The van der Waals surface area contributed by atoms with Crippen molar-refractivity contribution in [2.45, 2.75) is 181 Å². The van der Waals surface area contributed by atoms with E-state index in [-0.39, 0.29) is 10.8 Å². The zero-order valence-corrected chi connectivity index (χ0v) is 39.6. The normalized spacial score (nSPS) is 9.43. The minimum atomic E-state index is 0.0707. The van der Waals surface area contributed by atoms with Gasteiger partial charge in [0, 0.05) is 76.8 Å². The van der Waals surface area contributed by atoms with E-state index < -0.39 is 0 Å². The van der Waals surface area contributed by atoms with Crippen molar-refractivity contribution in [1.29, 1.82) is 0 Å². The Morgan fingerprint density at radius 2 is 1.07 bits per heavy atom. The summed E-state index contributed by atoms with van der Waals surface area (Å²) in [6.07, 6.45) is 14.1. The highest BCUT2D eigenvalue weighted by atomic mass is 32.1. The zero-order valence-electron chi connectivity index (χ0n) is 38.7. The van der Waals surface area contributed by atoms with Crippen LogP contribution in [0, 0.1) is 0 Å². The standard InChI is InChI=1S/C9H13N.C8H12N2.C6H10N2.C6H9NO.C6H9NS.5C2H6/c1-9(2,3)8-6-4-5-7-10-8;1-8(2,3)7-9-5-4-6-10-7;3*1-5(2)6-7-3-4-8-6;5*1-2/h4-7H,1-3H3;4-6H,1-3H3;3-5H,1-2H3,(H,7,8);2*3-5H,1-2H3;5*1-2H3. The lowest BCUT2D eigenvalue weighted by molar-refractivity contribution is 0.471. The fraction of sp³-hybridized carbons (Fsp3) is 0.600. The number of aromatic nitrogens is 7. The molecule has 0 aliphatic carbocycles. The number of pyridine rings is 1. The van der Waals surface area contributed by atoms with Crippen molar-refractivity contribution in [3.8, 4) is 0 Å². The number of oxazole rings is 1. The van der Waals surface area contributed by atoms with Crippen LogP contribution in [0.3, 0.4) is 0 Å². The quantitative estimate of drug-likeness (QED) is 0.195. The molecule has 1 N–H and O–H groups in total. The molecule has 0 aliphatic rings. The van der Waals surface area contributed by atoms with Gasteiger partial charge in [-0.05, 0) is 18.2 Å². The molecule has 9 heteroatoms. The molecule has 54 heavy (non-hydrogen) atoms. The number of hydrogen-bond donors (Lipinski definition) is 1. The molecule has 0 spiro atoms. The Hall–Kier alpha value is -3.72. The van der Waals surface area contributed by atoms with Crippen LogP contribution in [0.4, 0.5) is 0 Å². The predicted molar refractivity (Wildman–Crippen MR) is 240 cm³/mol. The van der Waals surface area contributed by atoms with Crippen LogP contribution >= 0.6 is 11.3 Å². The zero-order chi connectivity index (χ0) is 43.2. The predicted octanol–water partition coefficient (Wildman–Crippen LogP) is 14.9. The molecule has 0 aromatic carbocycles. The summed E-state index contributed by atoms with van der Waals surface area (Å²) in [6.45, 7) is 45.4. The van der Waals surface area contributed by atoms with Crippen molar-refractivity contribution in [1.82, 2.24) is 34.9 Å². The van der Waals surface area contributed by atoms with E-state index in [1.807, 2.05) is 125 Å². The molecular formula is C45H83N7OS. The fourth-order valence-electron chi connectivity index (χ4n) is 3.13. The van der Waals surface area contributed by atoms with Gasteiger partial charge in [-0.25, -0.2) is 24.9 Å². The summed E-state index contributed by atoms with van der Waals surface area (Å²) < 4.78 is 4.98. The highest BCUT2D eigenvalue weighted by Crippen LogP contribution is 2.18. The van der Waals surface area contributed by atoms with E-state index in [0.29, 0.717) is 17.8 Å². The lowest BCUT2D eigenvalue weighted by atomic mass is 9.92. The smallest absolute Gasteiger partial charge is 0.196 e. The Balaban J connectivity index is -0.000000175. The van der Waals surface area contributed by atoms with Gasteiger partial charge in [0.25, 0.3) is 0 Å². The summed E-state index contributed by atoms with van der Waals surface area (Å²) in [6, 6.07) is 7.85. The number of imidazole rings is 1. The van der Waals surface area contributed by atoms with Gasteiger partial charge >= 0.3 is 0 Å². The fourth-order valence-corrected chi connectivity index (χ4v) is 3.78. The maximum Gasteiger partial charge on any atom is 0.196 e. The summed E-state index contributed by atoms with van der Waals surface area (Å²) in [7, 11) is 0. The van der Waals surface area contributed by atoms with Crippen LogP contribution in [0.15, 0.2) is 83.7 Å². The highest BCUT2D eigenvalue weighted by molar-refractivity contribution is 7.09. The Kier molecular flexibility index (Phi) is 43.0. The average molecular weight is 770 g/mol. The molecule has 0 amide bonds. The van der Waals surface area contributed by atoms with Crippen molar-refractivity contribution in [2.24, 2.45) is 0 Å². The van der Waals surface area contributed by atoms with Crippen molar-refractivity contribution >= 4 is 11.3 Å². The molecule has 8 nitrogen and oxygen atoms in total. The van der Waals surface area contributed by atoms with Crippen LogP contribution in [0.5, 0.6) is 0 Å². The van der Waals surface area contributed by atoms with Crippen molar-refractivity contribution in [3.05, 3.63) is 108 Å². The molecule has 0 saturated carbocycles. The van der Waals surface area contributed by atoms with E-state index in [2.05, 4.69) is 110 Å². The van der Waals surface area contributed by atoms with Gasteiger partial charge in [0.2, 0.25) is 0 Å². The minimum absolute atomic E-state index is 0.0707. The second kappa shape index (κ2) is 39.0. The number of nitrogens with one attached hydrogen (secondary N) is 1. The Morgan fingerprint density at radius 1 is 0.537 bits per heavy atom. The first-order valence-electron chi connectivity index (χ1n) is 20.1. The molecule has 5 aromatic rings. The third-order valence-corrected chi connectivity index (χ3v) is 6.70. The third kappa shape index (κ3) is 32.9. The molecule has 0 radical (unpaired) electrons. The lowest BCUT2D eigenvalue weighted by Crippen LogP contribution is -2.14. The highest BCUT2D eigenvalue weighted by Gasteiger charge is 2.15. The van der Waals surface area contributed by atoms with E-state index in [1.54, 1.807) is 42.4 Å². The van der Waals surface area contributed by atoms with Crippen LogP contribution in [0.25, 0.3) is 0 Å². The second-order valence-electron chi connectivity index (χ2n) is 13.0. The number of rotatable bonds is 3. The molecule has 5 rings (SSSR count). The monoisotopic (exact) mass is 770 g/mol. The van der Waals surface area contributed by atoms with Crippen LogP contribution < -0.4 is 0 Å². The molecule has 0 unspecified atom stereocenters. The summed E-state index contributed by atoms with van der Waals surface area (Å²) in [5.41, 5.74) is 1.40. The van der Waals surface area contributed by atoms with Gasteiger partial charge in [0.15, 0.2) is 5.89 Å². The Labute approximate surface area is 338 Å². The van der Waals surface area contributed by atoms with E-state index in [9.17, 15) is 0 Å². The van der Waals surface area contributed by atoms with Gasteiger partial charge in [0.1, 0.15) is 17.9 Å². The maximum atomic E-state index is 4.98. The van der Waals surface area contributed by atoms with Crippen LogP contribution in [-0.4, -0.2) is 34.9 Å². The van der Waals surface area contributed by atoms with Gasteiger partial charge in [0.05, 0.1) is 11.2 Å². The summed E-state index contributed by atoms with van der Waals surface area (Å²) in [5.74, 6) is 4.29. The van der Waals surface area contributed by atoms with Gasteiger partial charge < -0.3 is 9.40 Å². The van der Waals surface area contributed by atoms with Gasteiger partial charge in [-0.1, -0.05) is 158 Å². The third-order valence-electron chi connectivity index (χ3n) is 5.63. The van der Waals surface area contributed by atoms with Crippen LogP contribution in [-0.2, 0) is 10.8 Å². The molecule has 5 aromatic heterocycles.